The number of nitrogen functional groups attached to an aromatic ring is 1. The van der Waals surface area contributed by atoms with Gasteiger partial charge in [0, 0.05) is 27.1 Å². The molecule has 1 amide bonds. The summed E-state index contributed by atoms with van der Waals surface area (Å²) in [6, 6.07) is 0. The molecule has 0 fully saturated rings. The number of anilines is 1. The van der Waals surface area contributed by atoms with Gasteiger partial charge < -0.3 is 10.6 Å². The van der Waals surface area contributed by atoms with Crippen LogP contribution in [0.3, 0.4) is 0 Å². The summed E-state index contributed by atoms with van der Waals surface area (Å²) in [5, 5.41) is 4.32. The predicted molar refractivity (Wildman–Crippen MR) is 64.0 cm³/mol. The van der Waals surface area contributed by atoms with Crippen molar-refractivity contribution in [3.05, 3.63) is 11.4 Å². The second-order valence-electron chi connectivity index (χ2n) is 4.20. The average molecular weight is 224 g/mol. The molecular formula is C11H20N4O. The lowest BCUT2D eigenvalue weighted by molar-refractivity contribution is -0.128. The fourth-order valence-electron chi connectivity index (χ4n) is 1.53. The number of nitrogens with two attached hydrogens (primary N) is 1. The van der Waals surface area contributed by atoms with E-state index in [1.807, 2.05) is 18.5 Å². The highest BCUT2D eigenvalue weighted by Gasteiger charge is 2.09. The van der Waals surface area contributed by atoms with Gasteiger partial charge in [-0.15, -0.1) is 0 Å². The minimum absolute atomic E-state index is 0.148. The molecule has 90 valence electrons. The Labute approximate surface area is 96.2 Å². The molecule has 0 aliphatic heterocycles. The summed E-state index contributed by atoms with van der Waals surface area (Å²) in [5.41, 5.74) is 8.41. The maximum Gasteiger partial charge on any atom is 0.222 e. The van der Waals surface area contributed by atoms with Gasteiger partial charge in [-0.2, -0.15) is 5.10 Å². The van der Waals surface area contributed by atoms with E-state index in [1.165, 1.54) is 0 Å². The molecule has 0 aromatic carbocycles. The fourth-order valence-corrected chi connectivity index (χ4v) is 1.53. The predicted octanol–water partition coefficient (Wildman–Crippen LogP) is 0.951. The lowest BCUT2D eigenvalue weighted by Crippen LogP contribution is -2.21. The number of aryl methyl sites for hydroxylation is 2. The molecule has 0 atom stereocenters. The molecule has 1 aromatic heterocycles. The molecule has 1 heterocycles. The zero-order valence-corrected chi connectivity index (χ0v) is 10.4. The van der Waals surface area contributed by atoms with E-state index < -0.39 is 0 Å². The first-order chi connectivity index (χ1) is 7.43. The molecule has 1 rings (SSSR count). The largest absolute Gasteiger partial charge is 0.396 e. The molecule has 16 heavy (non-hydrogen) atoms. The van der Waals surface area contributed by atoms with E-state index in [9.17, 15) is 4.79 Å². The van der Waals surface area contributed by atoms with Crippen molar-refractivity contribution in [2.45, 2.75) is 33.2 Å². The SMILES string of the molecule is Cc1nn(CCCC(=O)N(C)C)c(C)c1N. The van der Waals surface area contributed by atoms with Crippen LogP contribution in [0.1, 0.15) is 24.2 Å². The molecule has 0 aliphatic carbocycles. The molecule has 0 radical (unpaired) electrons. The Balaban J connectivity index is 2.49. The Hall–Kier alpha value is -1.52. The van der Waals surface area contributed by atoms with Gasteiger partial charge >= 0.3 is 0 Å². The molecule has 5 nitrogen and oxygen atoms in total. The lowest BCUT2D eigenvalue weighted by Gasteiger charge is -2.10. The van der Waals surface area contributed by atoms with Crippen molar-refractivity contribution in [2.75, 3.05) is 19.8 Å². The second-order valence-corrected chi connectivity index (χ2v) is 4.20. The Morgan fingerprint density at radius 3 is 2.50 bits per heavy atom. The Bertz CT molecular complexity index is 382. The standard InChI is InChI=1S/C11H20N4O/c1-8-11(12)9(2)15(13-8)7-5-6-10(16)14(3)4/h5-7,12H2,1-4H3. The van der Waals surface area contributed by atoms with Gasteiger partial charge in [-0.1, -0.05) is 0 Å². The van der Waals surface area contributed by atoms with E-state index in [4.69, 9.17) is 5.73 Å². The normalized spacial score (nSPS) is 10.5. The Kier molecular flexibility index (Phi) is 3.93. The quantitative estimate of drug-likeness (QED) is 0.828. The zero-order valence-electron chi connectivity index (χ0n) is 10.4. The minimum Gasteiger partial charge on any atom is -0.396 e. The molecule has 0 aliphatic rings. The number of amides is 1. The van der Waals surface area contributed by atoms with Gasteiger partial charge in [-0.25, -0.2) is 0 Å². The number of rotatable bonds is 4. The maximum absolute atomic E-state index is 11.4. The van der Waals surface area contributed by atoms with Crippen LogP contribution >= 0.6 is 0 Å². The van der Waals surface area contributed by atoms with Gasteiger partial charge in [-0.05, 0) is 20.3 Å². The van der Waals surface area contributed by atoms with Crippen LogP contribution in [0.4, 0.5) is 5.69 Å². The summed E-state index contributed by atoms with van der Waals surface area (Å²) in [6.07, 6.45) is 1.34. The molecule has 0 unspecified atom stereocenters. The number of carbonyl (C=O) groups excluding carboxylic acids is 1. The number of hydrogen-bond donors (Lipinski definition) is 1. The van der Waals surface area contributed by atoms with E-state index in [2.05, 4.69) is 5.10 Å². The molecule has 2 N–H and O–H groups in total. The highest BCUT2D eigenvalue weighted by molar-refractivity contribution is 5.75. The molecular weight excluding hydrogens is 204 g/mol. The third kappa shape index (κ3) is 2.74. The summed E-state index contributed by atoms with van der Waals surface area (Å²) < 4.78 is 1.87. The first-order valence-electron chi connectivity index (χ1n) is 5.43. The van der Waals surface area contributed by atoms with E-state index in [-0.39, 0.29) is 5.91 Å². The Morgan fingerprint density at radius 1 is 1.44 bits per heavy atom. The van der Waals surface area contributed by atoms with Crippen LogP contribution in [0, 0.1) is 13.8 Å². The molecule has 0 saturated heterocycles. The highest BCUT2D eigenvalue weighted by Crippen LogP contribution is 2.15. The molecule has 0 bridgehead atoms. The van der Waals surface area contributed by atoms with Crippen molar-refractivity contribution in [2.24, 2.45) is 0 Å². The van der Waals surface area contributed by atoms with Crippen LogP contribution in [-0.2, 0) is 11.3 Å². The molecule has 0 saturated carbocycles. The van der Waals surface area contributed by atoms with E-state index >= 15 is 0 Å². The molecule has 0 spiro atoms. The minimum atomic E-state index is 0.148. The lowest BCUT2D eigenvalue weighted by atomic mass is 10.3. The number of aromatic nitrogens is 2. The van der Waals surface area contributed by atoms with Crippen molar-refractivity contribution >= 4 is 11.6 Å². The van der Waals surface area contributed by atoms with Crippen LogP contribution in [-0.4, -0.2) is 34.7 Å². The van der Waals surface area contributed by atoms with Gasteiger partial charge in [-0.3, -0.25) is 9.48 Å². The molecule has 1 aromatic rings. The first kappa shape index (κ1) is 12.5. The van der Waals surface area contributed by atoms with Crippen molar-refractivity contribution in [1.29, 1.82) is 0 Å². The fraction of sp³-hybridized carbons (Fsp3) is 0.636. The number of hydrogen-bond acceptors (Lipinski definition) is 3. The Morgan fingerprint density at radius 2 is 2.06 bits per heavy atom. The third-order valence-electron chi connectivity index (χ3n) is 2.70. The van der Waals surface area contributed by atoms with Crippen LogP contribution in [0.25, 0.3) is 0 Å². The van der Waals surface area contributed by atoms with Gasteiger partial charge in [0.05, 0.1) is 17.1 Å². The number of nitrogens with zero attached hydrogens (tertiary/aromatic N) is 3. The summed E-state index contributed by atoms with van der Waals surface area (Å²) in [4.78, 5) is 13.0. The van der Waals surface area contributed by atoms with Gasteiger partial charge in [0.15, 0.2) is 0 Å². The number of carbonyl (C=O) groups is 1. The summed E-state index contributed by atoms with van der Waals surface area (Å²) in [5.74, 6) is 0.148. The van der Waals surface area contributed by atoms with Crippen molar-refractivity contribution < 1.29 is 4.79 Å². The average Bonchev–Trinajstić information content (AvgIpc) is 2.46. The third-order valence-corrected chi connectivity index (χ3v) is 2.70. The van der Waals surface area contributed by atoms with Crippen LogP contribution in [0.2, 0.25) is 0 Å². The summed E-state index contributed by atoms with van der Waals surface area (Å²) in [6.45, 7) is 4.58. The van der Waals surface area contributed by atoms with E-state index in [0.717, 1.165) is 30.0 Å². The monoisotopic (exact) mass is 224 g/mol. The summed E-state index contributed by atoms with van der Waals surface area (Å²) >= 11 is 0. The van der Waals surface area contributed by atoms with Crippen molar-refractivity contribution in [1.82, 2.24) is 14.7 Å². The van der Waals surface area contributed by atoms with Gasteiger partial charge in [0.25, 0.3) is 0 Å². The first-order valence-corrected chi connectivity index (χ1v) is 5.43. The highest BCUT2D eigenvalue weighted by atomic mass is 16.2. The van der Waals surface area contributed by atoms with E-state index in [1.54, 1.807) is 19.0 Å². The van der Waals surface area contributed by atoms with Crippen LogP contribution < -0.4 is 5.73 Å². The molecule has 5 heteroatoms. The van der Waals surface area contributed by atoms with Gasteiger partial charge in [0.2, 0.25) is 5.91 Å². The van der Waals surface area contributed by atoms with Gasteiger partial charge in [0.1, 0.15) is 0 Å². The topological polar surface area (TPSA) is 64.2 Å². The zero-order chi connectivity index (χ0) is 12.3. The van der Waals surface area contributed by atoms with Crippen LogP contribution in [0.5, 0.6) is 0 Å². The van der Waals surface area contributed by atoms with Crippen LogP contribution in [0.15, 0.2) is 0 Å². The van der Waals surface area contributed by atoms with Crippen molar-refractivity contribution in [3.8, 4) is 0 Å². The van der Waals surface area contributed by atoms with E-state index in [0.29, 0.717) is 6.42 Å². The smallest absolute Gasteiger partial charge is 0.222 e. The second kappa shape index (κ2) is 5.01. The maximum atomic E-state index is 11.4. The summed E-state index contributed by atoms with van der Waals surface area (Å²) in [7, 11) is 3.53. The van der Waals surface area contributed by atoms with Crippen molar-refractivity contribution in [3.63, 3.8) is 0 Å².